The second-order valence-electron chi connectivity index (χ2n) is 5.05. The first-order valence-corrected chi connectivity index (χ1v) is 7.83. The summed E-state index contributed by atoms with van der Waals surface area (Å²) >= 11 is 3.40. The zero-order chi connectivity index (χ0) is 14.4. The number of benzene rings is 1. The molecule has 2 unspecified atom stereocenters. The predicted molar refractivity (Wildman–Crippen MR) is 82.4 cm³/mol. The summed E-state index contributed by atoms with van der Waals surface area (Å²) in [6.45, 7) is 4.73. The molecule has 20 heavy (non-hydrogen) atoms. The molecular weight excluding hydrogens is 320 g/mol. The van der Waals surface area contributed by atoms with Crippen LogP contribution in [0.4, 0.5) is 0 Å². The molecule has 0 spiro atoms. The number of halogens is 1. The first-order chi connectivity index (χ1) is 9.70. The molecule has 1 aromatic carbocycles. The molecule has 0 aliphatic carbocycles. The highest BCUT2D eigenvalue weighted by Crippen LogP contribution is 2.15. The van der Waals surface area contributed by atoms with Crippen LogP contribution in [0.1, 0.15) is 18.9 Å². The van der Waals surface area contributed by atoms with Gasteiger partial charge in [-0.2, -0.15) is 0 Å². The first-order valence-electron chi connectivity index (χ1n) is 7.04. The second kappa shape index (κ2) is 7.76. The van der Waals surface area contributed by atoms with Crippen LogP contribution in [-0.4, -0.2) is 31.7 Å². The summed E-state index contributed by atoms with van der Waals surface area (Å²) < 4.78 is 6.47. The Labute approximate surface area is 128 Å². The Bertz CT molecular complexity index is 436. The van der Waals surface area contributed by atoms with Crippen LogP contribution in [0.2, 0.25) is 0 Å². The molecule has 2 rings (SSSR count). The van der Waals surface area contributed by atoms with Gasteiger partial charge in [0.05, 0.1) is 19.1 Å². The van der Waals surface area contributed by atoms with Gasteiger partial charge < -0.3 is 15.4 Å². The van der Waals surface area contributed by atoms with Gasteiger partial charge in [-0.1, -0.05) is 35.0 Å². The van der Waals surface area contributed by atoms with Gasteiger partial charge in [-0.3, -0.25) is 4.79 Å². The number of carbonyl (C=O) groups is 1. The summed E-state index contributed by atoms with van der Waals surface area (Å²) in [4.78, 5) is 12.2. The fourth-order valence-electron chi connectivity index (χ4n) is 2.27. The Kier molecular flexibility index (Phi) is 6.01. The van der Waals surface area contributed by atoms with Crippen molar-refractivity contribution in [2.75, 3.05) is 19.8 Å². The predicted octanol–water partition coefficient (Wildman–Crippen LogP) is 2.08. The van der Waals surface area contributed by atoms with E-state index in [4.69, 9.17) is 4.74 Å². The summed E-state index contributed by atoms with van der Waals surface area (Å²) in [6, 6.07) is 8.10. The van der Waals surface area contributed by atoms with Crippen molar-refractivity contribution in [3.63, 3.8) is 0 Å². The Morgan fingerprint density at radius 1 is 1.35 bits per heavy atom. The average molecular weight is 341 g/mol. The molecule has 1 amide bonds. The summed E-state index contributed by atoms with van der Waals surface area (Å²) in [5.41, 5.74) is 1.10. The molecule has 1 aromatic rings. The van der Waals surface area contributed by atoms with E-state index in [-0.39, 0.29) is 17.9 Å². The van der Waals surface area contributed by atoms with E-state index in [2.05, 4.69) is 33.5 Å². The fourth-order valence-corrected chi connectivity index (χ4v) is 2.53. The number of rotatable bonds is 6. The van der Waals surface area contributed by atoms with Crippen molar-refractivity contribution < 1.29 is 9.53 Å². The Morgan fingerprint density at radius 2 is 2.10 bits per heavy atom. The Hall–Kier alpha value is -0.910. The van der Waals surface area contributed by atoms with Gasteiger partial charge in [0.1, 0.15) is 0 Å². The molecule has 2 atom stereocenters. The minimum atomic E-state index is -0.0861. The standard InChI is InChI=1S/C15H21BrN2O2/c1-2-7-17-14-10-20-9-13(14)15(19)18-8-11-3-5-12(16)6-4-11/h3-6,13-14,17H,2,7-10H2,1H3,(H,18,19). The van der Waals surface area contributed by atoms with Crippen molar-refractivity contribution in [2.24, 2.45) is 5.92 Å². The molecule has 110 valence electrons. The average Bonchev–Trinajstić information content (AvgIpc) is 2.92. The van der Waals surface area contributed by atoms with Crippen molar-refractivity contribution in [2.45, 2.75) is 25.9 Å². The highest BCUT2D eigenvalue weighted by molar-refractivity contribution is 9.10. The summed E-state index contributed by atoms with van der Waals surface area (Å²) in [5, 5.41) is 6.37. The molecule has 0 bridgehead atoms. The van der Waals surface area contributed by atoms with Crippen molar-refractivity contribution >= 4 is 21.8 Å². The molecule has 0 aromatic heterocycles. The molecule has 0 saturated carbocycles. The van der Waals surface area contributed by atoms with E-state index in [0.717, 1.165) is 23.0 Å². The molecular formula is C15H21BrN2O2. The minimum absolute atomic E-state index is 0.0685. The van der Waals surface area contributed by atoms with Crippen molar-refractivity contribution in [1.82, 2.24) is 10.6 Å². The van der Waals surface area contributed by atoms with E-state index >= 15 is 0 Å². The van der Waals surface area contributed by atoms with Crippen molar-refractivity contribution in [3.05, 3.63) is 34.3 Å². The van der Waals surface area contributed by atoms with E-state index < -0.39 is 0 Å². The SMILES string of the molecule is CCCNC1COCC1C(=O)NCc1ccc(Br)cc1. The summed E-state index contributed by atoms with van der Waals surface area (Å²) in [7, 11) is 0. The Balaban J connectivity index is 1.83. The normalized spacial score (nSPS) is 21.9. The van der Waals surface area contributed by atoms with Gasteiger partial charge in [-0.25, -0.2) is 0 Å². The van der Waals surface area contributed by atoms with Crippen LogP contribution in [0.25, 0.3) is 0 Å². The lowest BCUT2D eigenvalue weighted by atomic mass is 10.0. The third kappa shape index (κ3) is 4.30. The van der Waals surface area contributed by atoms with Crippen LogP contribution < -0.4 is 10.6 Å². The number of ether oxygens (including phenoxy) is 1. The number of amides is 1. The third-order valence-corrected chi connectivity index (χ3v) is 3.98. The van der Waals surface area contributed by atoms with Gasteiger partial charge in [0.25, 0.3) is 0 Å². The highest BCUT2D eigenvalue weighted by Gasteiger charge is 2.33. The minimum Gasteiger partial charge on any atom is -0.379 e. The second-order valence-corrected chi connectivity index (χ2v) is 5.96. The van der Waals surface area contributed by atoms with Gasteiger partial charge in [0.2, 0.25) is 5.91 Å². The van der Waals surface area contributed by atoms with E-state index in [1.54, 1.807) is 0 Å². The molecule has 0 radical (unpaired) electrons. The third-order valence-electron chi connectivity index (χ3n) is 3.45. The molecule has 1 aliphatic heterocycles. The molecule has 1 aliphatic rings. The van der Waals surface area contributed by atoms with Crippen molar-refractivity contribution in [3.8, 4) is 0 Å². The number of hydrogen-bond acceptors (Lipinski definition) is 3. The van der Waals surface area contributed by atoms with Crippen LogP contribution in [0.15, 0.2) is 28.7 Å². The quantitative estimate of drug-likeness (QED) is 0.833. The maximum absolute atomic E-state index is 12.2. The number of nitrogens with one attached hydrogen (secondary N) is 2. The van der Waals surface area contributed by atoms with E-state index in [1.165, 1.54) is 0 Å². The molecule has 2 N–H and O–H groups in total. The summed E-state index contributed by atoms with van der Waals surface area (Å²) in [5.74, 6) is -0.0176. The van der Waals surface area contributed by atoms with Crippen LogP contribution in [0.3, 0.4) is 0 Å². The zero-order valence-electron chi connectivity index (χ0n) is 11.7. The number of carbonyl (C=O) groups excluding carboxylic acids is 1. The summed E-state index contributed by atoms with van der Waals surface area (Å²) in [6.07, 6.45) is 1.06. The lowest BCUT2D eigenvalue weighted by molar-refractivity contribution is -0.125. The fraction of sp³-hybridized carbons (Fsp3) is 0.533. The smallest absolute Gasteiger partial charge is 0.227 e. The molecule has 1 fully saturated rings. The molecule has 4 nitrogen and oxygen atoms in total. The molecule has 1 saturated heterocycles. The Morgan fingerprint density at radius 3 is 2.80 bits per heavy atom. The van der Waals surface area contributed by atoms with Gasteiger partial charge in [-0.05, 0) is 30.7 Å². The van der Waals surface area contributed by atoms with E-state index in [0.29, 0.717) is 19.8 Å². The van der Waals surface area contributed by atoms with Crippen LogP contribution in [0.5, 0.6) is 0 Å². The highest BCUT2D eigenvalue weighted by atomic mass is 79.9. The van der Waals surface area contributed by atoms with Gasteiger partial charge >= 0.3 is 0 Å². The topological polar surface area (TPSA) is 50.4 Å². The first kappa shape index (κ1) is 15.5. The maximum Gasteiger partial charge on any atom is 0.227 e. The molecule has 5 heteroatoms. The number of hydrogen-bond donors (Lipinski definition) is 2. The molecule has 1 heterocycles. The largest absolute Gasteiger partial charge is 0.379 e. The van der Waals surface area contributed by atoms with E-state index in [9.17, 15) is 4.79 Å². The van der Waals surface area contributed by atoms with Crippen LogP contribution in [0, 0.1) is 5.92 Å². The lowest BCUT2D eigenvalue weighted by Crippen LogP contribution is -2.44. The van der Waals surface area contributed by atoms with Crippen LogP contribution in [-0.2, 0) is 16.1 Å². The lowest BCUT2D eigenvalue weighted by Gasteiger charge is -2.18. The van der Waals surface area contributed by atoms with Crippen molar-refractivity contribution in [1.29, 1.82) is 0 Å². The van der Waals surface area contributed by atoms with Gasteiger partial charge in [-0.15, -0.1) is 0 Å². The van der Waals surface area contributed by atoms with E-state index in [1.807, 2.05) is 24.3 Å². The van der Waals surface area contributed by atoms with Crippen LogP contribution >= 0.6 is 15.9 Å². The monoisotopic (exact) mass is 340 g/mol. The van der Waals surface area contributed by atoms with Gasteiger partial charge in [0, 0.05) is 17.1 Å². The maximum atomic E-state index is 12.2. The van der Waals surface area contributed by atoms with Gasteiger partial charge in [0.15, 0.2) is 0 Å². The zero-order valence-corrected chi connectivity index (χ0v) is 13.3.